The van der Waals surface area contributed by atoms with Gasteiger partial charge in [-0.05, 0) is 0 Å². The van der Waals surface area contributed by atoms with Gasteiger partial charge >= 0.3 is 0 Å². The van der Waals surface area contributed by atoms with E-state index in [0.29, 0.717) is 11.7 Å². The van der Waals surface area contributed by atoms with Gasteiger partial charge in [-0.2, -0.15) is 0 Å². The van der Waals surface area contributed by atoms with E-state index >= 15 is 0 Å². The van der Waals surface area contributed by atoms with Crippen LogP contribution < -0.4 is 0 Å². The summed E-state index contributed by atoms with van der Waals surface area (Å²) in [5, 5.41) is 0. The second kappa shape index (κ2) is 1.28. The number of fused-ring (bicyclic) bond motifs is 1. The maximum absolute atomic E-state index is 10.7. The zero-order valence-electron chi connectivity index (χ0n) is 4.76. The third-order valence-electron chi connectivity index (χ3n) is 2.34. The Hall–Kier alpha value is -0.460. The third kappa shape index (κ3) is 0.371. The Morgan fingerprint density at radius 3 is 2.88 bits per heavy atom. The van der Waals surface area contributed by atoms with Gasteiger partial charge in [0.05, 0.1) is 25.2 Å². The Morgan fingerprint density at radius 1 is 1.50 bits per heavy atom. The van der Waals surface area contributed by atoms with Gasteiger partial charge in [-0.3, -0.25) is 4.79 Å². The Morgan fingerprint density at radius 2 is 2.38 bits per heavy atom. The molecule has 2 fully saturated rings. The average molecular weight is 109 g/mol. The minimum atomic E-state index is 0.468. The fourth-order valence-electron chi connectivity index (χ4n) is 1.72. The molecule has 0 amide bonds. The molecule has 0 aromatic rings. The maximum atomic E-state index is 10.7. The van der Waals surface area contributed by atoms with Crippen LogP contribution in [0.3, 0.4) is 0 Å². The molecular weight excluding hydrogens is 100 g/mol. The molecule has 2 rings (SSSR count). The van der Waals surface area contributed by atoms with Crippen LogP contribution in [0, 0.1) is 18.3 Å². The molecule has 42 valence electrons. The molecule has 2 saturated carbocycles. The normalized spacial score (nSPS) is 42.8. The number of Topliss-reactive ketones (excluding diaryl/α,β-unsaturated/α-hetero) is 1. The van der Waals surface area contributed by atoms with E-state index in [1.807, 2.05) is 0 Å². The van der Waals surface area contributed by atoms with Gasteiger partial charge in [0.1, 0.15) is 5.78 Å². The standard InChI is InChI=1S/C7H9O/c8-7-4-5-2-1-3-6(5)7/h1,5-6H,2-4H2/q+1/t5-,6-/m1/s1. The Balaban J connectivity index is 2.11. The summed E-state index contributed by atoms with van der Waals surface area (Å²) >= 11 is 0. The summed E-state index contributed by atoms with van der Waals surface area (Å²) in [4.78, 5) is 10.7. The lowest BCUT2D eigenvalue weighted by atomic mass is 9.75. The van der Waals surface area contributed by atoms with Crippen molar-refractivity contribution in [1.29, 1.82) is 0 Å². The molecule has 1 heteroatoms. The molecule has 2 aliphatic carbocycles. The number of carbonyl (C=O) groups excluding carboxylic acids is 1. The first kappa shape index (κ1) is 4.42. The highest BCUT2D eigenvalue weighted by Crippen LogP contribution is 2.43. The van der Waals surface area contributed by atoms with Gasteiger partial charge in [-0.15, -0.1) is 0 Å². The zero-order chi connectivity index (χ0) is 5.56. The van der Waals surface area contributed by atoms with E-state index in [1.54, 1.807) is 0 Å². The van der Waals surface area contributed by atoms with Crippen LogP contribution in [0.25, 0.3) is 0 Å². The molecule has 0 bridgehead atoms. The molecular formula is C7H9O+. The number of carbonyl (C=O) groups is 1. The highest BCUT2D eigenvalue weighted by molar-refractivity contribution is 5.88. The molecule has 1 nitrogen and oxygen atoms in total. The summed E-state index contributed by atoms with van der Waals surface area (Å²) in [5.41, 5.74) is 0. The Bertz CT molecular complexity index is 128. The zero-order valence-corrected chi connectivity index (χ0v) is 4.76. The largest absolute Gasteiger partial charge is 0.299 e. The van der Waals surface area contributed by atoms with Crippen molar-refractivity contribution >= 4 is 5.78 Å². The quantitative estimate of drug-likeness (QED) is 0.427. The fourth-order valence-corrected chi connectivity index (χ4v) is 1.72. The van der Waals surface area contributed by atoms with Crippen molar-refractivity contribution < 1.29 is 4.79 Å². The van der Waals surface area contributed by atoms with E-state index in [0.717, 1.165) is 18.8 Å². The van der Waals surface area contributed by atoms with E-state index in [2.05, 4.69) is 6.42 Å². The first-order chi connectivity index (χ1) is 3.88. The molecule has 0 aromatic heterocycles. The number of rotatable bonds is 0. The smallest absolute Gasteiger partial charge is 0.141 e. The molecule has 0 saturated heterocycles. The molecule has 0 unspecified atom stereocenters. The Kier molecular flexibility index (Phi) is 0.706. The second-order valence-electron chi connectivity index (χ2n) is 2.80. The van der Waals surface area contributed by atoms with Crippen LogP contribution in [0.5, 0.6) is 0 Å². The first-order valence-electron chi connectivity index (χ1n) is 3.22. The van der Waals surface area contributed by atoms with Crippen LogP contribution in [0.4, 0.5) is 0 Å². The lowest BCUT2D eigenvalue weighted by molar-refractivity contribution is -0.132. The minimum Gasteiger partial charge on any atom is -0.299 e. The van der Waals surface area contributed by atoms with Gasteiger partial charge in [0.2, 0.25) is 0 Å². The molecule has 0 N–H and O–H groups in total. The van der Waals surface area contributed by atoms with Gasteiger partial charge in [0, 0.05) is 12.3 Å². The van der Waals surface area contributed by atoms with Crippen LogP contribution in [-0.2, 0) is 4.79 Å². The van der Waals surface area contributed by atoms with Gasteiger partial charge in [-0.25, -0.2) is 0 Å². The number of hydrogen-bond donors (Lipinski definition) is 0. The van der Waals surface area contributed by atoms with E-state index in [1.165, 1.54) is 6.42 Å². The van der Waals surface area contributed by atoms with Crippen molar-refractivity contribution in [1.82, 2.24) is 0 Å². The fraction of sp³-hybridized carbons (Fsp3) is 0.714. The van der Waals surface area contributed by atoms with E-state index in [4.69, 9.17) is 0 Å². The molecule has 0 heterocycles. The van der Waals surface area contributed by atoms with Crippen LogP contribution >= 0.6 is 0 Å². The van der Waals surface area contributed by atoms with Crippen LogP contribution in [0.15, 0.2) is 0 Å². The highest BCUT2D eigenvalue weighted by Gasteiger charge is 2.47. The summed E-state index contributed by atoms with van der Waals surface area (Å²) in [6.45, 7) is 0. The monoisotopic (exact) mass is 109 g/mol. The maximum Gasteiger partial charge on any atom is 0.141 e. The van der Waals surface area contributed by atoms with Crippen molar-refractivity contribution in [2.75, 3.05) is 0 Å². The molecule has 0 aliphatic heterocycles. The molecule has 2 aliphatic rings. The molecule has 2 atom stereocenters. The van der Waals surface area contributed by atoms with Crippen molar-refractivity contribution in [2.24, 2.45) is 11.8 Å². The molecule has 0 radical (unpaired) electrons. The summed E-state index contributed by atoms with van der Waals surface area (Å²) in [6, 6.07) is 0. The SMILES string of the molecule is O=C1C[C@H]2C[CH+]C[C@@H]12. The van der Waals surface area contributed by atoms with Crippen molar-refractivity contribution in [2.45, 2.75) is 19.3 Å². The van der Waals surface area contributed by atoms with Gasteiger partial charge in [-0.1, -0.05) is 0 Å². The van der Waals surface area contributed by atoms with Crippen LogP contribution in [0.1, 0.15) is 19.3 Å². The summed E-state index contributed by atoms with van der Waals surface area (Å²) in [7, 11) is 0. The van der Waals surface area contributed by atoms with Gasteiger partial charge in [0.15, 0.2) is 0 Å². The minimum absolute atomic E-state index is 0.468. The highest BCUT2D eigenvalue weighted by atomic mass is 16.1. The van der Waals surface area contributed by atoms with Crippen LogP contribution in [0.2, 0.25) is 0 Å². The Labute approximate surface area is 49.1 Å². The number of ketones is 1. The summed E-state index contributed by atoms with van der Waals surface area (Å²) in [6.07, 6.45) is 5.40. The lowest BCUT2D eigenvalue weighted by Crippen LogP contribution is -2.32. The lowest BCUT2D eigenvalue weighted by Gasteiger charge is -2.23. The average Bonchev–Trinajstić information content (AvgIpc) is 2.09. The molecule has 0 aromatic carbocycles. The second-order valence-corrected chi connectivity index (χ2v) is 2.80. The van der Waals surface area contributed by atoms with Gasteiger partial charge in [0.25, 0.3) is 0 Å². The predicted molar refractivity (Wildman–Crippen MR) is 30.1 cm³/mol. The van der Waals surface area contributed by atoms with Crippen molar-refractivity contribution in [3.8, 4) is 0 Å². The van der Waals surface area contributed by atoms with Crippen molar-refractivity contribution in [3.05, 3.63) is 6.42 Å². The van der Waals surface area contributed by atoms with Gasteiger partial charge < -0.3 is 0 Å². The predicted octanol–water partition coefficient (Wildman–Crippen LogP) is 1.19. The topological polar surface area (TPSA) is 17.1 Å². The van der Waals surface area contributed by atoms with E-state index in [-0.39, 0.29) is 0 Å². The number of hydrogen-bond acceptors (Lipinski definition) is 1. The van der Waals surface area contributed by atoms with E-state index < -0.39 is 0 Å². The molecule has 8 heavy (non-hydrogen) atoms. The third-order valence-corrected chi connectivity index (χ3v) is 2.34. The first-order valence-corrected chi connectivity index (χ1v) is 3.22. The summed E-state index contributed by atoms with van der Waals surface area (Å²) < 4.78 is 0. The van der Waals surface area contributed by atoms with Crippen LogP contribution in [-0.4, -0.2) is 5.78 Å². The molecule has 0 spiro atoms. The van der Waals surface area contributed by atoms with Crippen molar-refractivity contribution in [3.63, 3.8) is 0 Å². The summed E-state index contributed by atoms with van der Waals surface area (Å²) in [5.74, 6) is 1.74. The van der Waals surface area contributed by atoms with E-state index in [9.17, 15) is 4.79 Å².